The molecule has 28 heavy (non-hydrogen) atoms. The van der Waals surface area contributed by atoms with Crippen LogP contribution in [0.2, 0.25) is 5.02 Å². The van der Waals surface area contributed by atoms with Gasteiger partial charge in [0, 0.05) is 5.56 Å². The largest absolute Gasteiger partial charge is 0.456 e. The van der Waals surface area contributed by atoms with Gasteiger partial charge in [-0.15, -0.1) is 5.10 Å². The monoisotopic (exact) mass is 394 g/mol. The molecule has 1 saturated carbocycles. The van der Waals surface area contributed by atoms with Gasteiger partial charge in [0.05, 0.1) is 28.2 Å². The maximum absolute atomic E-state index is 6.52. The highest BCUT2D eigenvalue weighted by molar-refractivity contribution is 6.34. The minimum Gasteiger partial charge on any atom is -0.456 e. The summed E-state index contributed by atoms with van der Waals surface area (Å²) in [5.41, 5.74) is 2.42. The number of nitrogens with one attached hydrogen (secondary N) is 2. The first-order valence-corrected chi connectivity index (χ1v) is 9.79. The zero-order chi connectivity index (χ0) is 19.0. The molecule has 7 nitrogen and oxygen atoms in total. The van der Waals surface area contributed by atoms with Crippen molar-refractivity contribution in [3.05, 3.63) is 47.0 Å². The molecule has 1 fully saturated rings. The van der Waals surface area contributed by atoms with E-state index >= 15 is 0 Å². The standard InChI is InChI=1S/C20H19ClN6O/c21-14-8-9-16(17-18(14)22-12-23-20(17)10-4-1-5-11-20)28-15-7-3-2-6-13(15)19-24-26-27-25-19/h2-3,6-9,12H,1,4-5,10-11H2,(H,22,23)(H,24,25,26,27). The maximum atomic E-state index is 6.52. The maximum Gasteiger partial charge on any atom is 0.183 e. The molecule has 0 unspecified atom stereocenters. The van der Waals surface area contributed by atoms with Crippen LogP contribution >= 0.6 is 11.6 Å². The molecule has 8 heteroatoms. The minimum absolute atomic E-state index is 0.290. The number of hydrogen-bond acceptors (Lipinski definition) is 6. The molecule has 1 aliphatic carbocycles. The van der Waals surface area contributed by atoms with E-state index in [1.54, 1.807) is 6.34 Å². The van der Waals surface area contributed by atoms with E-state index < -0.39 is 0 Å². The number of nitrogens with zero attached hydrogens (tertiary/aromatic N) is 4. The Hall–Kier alpha value is -2.93. The summed E-state index contributed by atoms with van der Waals surface area (Å²) in [5.74, 6) is 1.98. The van der Waals surface area contributed by atoms with E-state index in [0.29, 0.717) is 16.6 Å². The van der Waals surface area contributed by atoms with E-state index in [1.165, 1.54) is 6.42 Å². The summed E-state index contributed by atoms with van der Waals surface area (Å²) in [6.45, 7) is 0. The van der Waals surface area contributed by atoms with Gasteiger partial charge in [0.25, 0.3) is 0 Å². The van der Waals surface area contributed by atoms with Crippen molar-refractivity contribution >= 4 is 23.6 Å². The number of H-pyrrole nitrogens is 1. The van der Waals surface area contributed by atoms with E-state index in [4.69, 9.17) is 21.3 Å². The second kappa shape index (κ2) is 6.91. The van der Waals surface area contributed by atoms with Crippen molar-refractivity contribution in [2.45, 2.75) is 37.6 Å². The van der Waals surface area contributed by atoms with Gasteiger partial charge in [-0.3, -0.25) is 4.99 Å². The molecule has 1 aliphatic heterocycles. The lowest BCUT2D eigenvalue weighted by Crippen LogP contribution is -2.32. The van der Waals surface area contributed by atoms with Crippen LogP contribution in [-0.2, 0) is 5.54 Å². The molecule has 0 saturated heterocycles. The fraction of sp³-hybridized carbons (Fsp3) is 0.300. The molecule has 2 N–H and O–H groups in total. The lowest BCUT2D eigenvalue weighted by atomic mass is 9.75. The average Bonchev–Trinajstić information content (AvgIpc) is 3.26. The fourth-order valence-corrected chi connectivity index (χ4v) is 4.40. The van der Waals surface area contributed by atoms with Crippen LogP contribution in [0.4, 0.5) is 5.69 Å². The Labute approximate surface area is 167 Å². The number of tetrazole rings is 1. The minimum atomic E-state index is -0.290. The first-order valence-electron chi connectivity index (χ1n) is 9.41. The van der Waals surface area contributed by atoms with Crippen LogP contribution in [0.25, 0.3) is 11.4 Å². The molecule has 0 bridgehead atoms. The van der Waals surface area contributed by atoms with Crippen LogP contribution in [0.15, 0.2) is 41.4 Å². The third-order valence-corrected chi connectivity index (χ3v) is 5.81. The highest BCUT2D eigenvalue weighted by Gasteiger charge is 2.40. The number of ether oxygens (including phenoxy) is 1. The molecule has 0 radical (unpaired) electrons. The van der Waals surface area contributed by atoms with Crippen molar-refractivity contribution in [1.29, 1.82) is 0 Å². The number of aliphatic imine (C=N–C) groups is 1. The van der Waals surface area contributed by atoms with Crippen molar-refractivity contribution in [3.8, 4) is 22.9 Å². The van der Waals surface area contributed by atoms with E-state index in [2.05, 4.69) is 25.9 Å². The fourth-order valence-electron chi connectivity index (χ4n) is 4.19. The van der Waals surface area contributed by atoms with Crippen LogP contribution in [0.1, 0.15) is 37.7 Å². The summed E-state index contributed by atoms with van der Waals surface area (Å²) in [6, 6.07) is 11.5. The summed E-state index contributed by atoms with van der Waals surface area (Å²) in [4.78, 5) is 4.86. The van der Waals surface area contributed by atoms with Gasteiger partial charge in [-0.2, -0.15) is 0 Å². The average molecular weight is 395 g/mol. The molecule has 0 amide bonds. The Kier molecular flexibility index (Phi) is 4.24. The van der Waals surface area contributed by atoms with Gasteiger partial charge in [0.2, 0.25) is 0 Å². The summed E-state index contributed by atoms with van der Waals surface area (Å²) >= 11 is 6.52. The molecular formula is C20H19ClN6O. The van der Waals surface area contributed by atoms with Gasteiger partial charge in [-0.25, -0.2) is 5.10 Å². The number of halogens is 1. The number of aromatic nitrogens is 4. The molecule has 2 aliphatic rings. The topological polar surface area (TPSA) is 88.1 Å². The Morgan fingerprint density at radius 2 is 1.86 bits per heavy atom. The first-order chi connectivity index (χ1) is 13.8. The van der Waals surface area contributed by atoms with Crippen molar-refractivity contribution < 1.29 is 4.74 Å². The van der Waals surface area contributed by atoms with Crippen molar-refractivity contribution in [3.63, 3.8) is 0 Å². The summed E-state index contributed by atoms with van der Waals surface area (Å²) in [7, 11) is 0. The highest BCUT2D eigenvalue weighted by Crippen LogP contribution is 2.52. The Bertz CT molecular complexity index is 1030. The van der Waals surface area contributed by atoms with Crippen molar-refractivity contribution in [2.24, 2.45) is 4.99 Å². The zero-order valence-corrected chi connectivity index (χ0v) is 15.9. The van der Waals surface area contributed by atoms with Gasteiger partial charge < -0.3 is 10.1 Å². The second-order valence-corrected chi connectivity index (χ2v) is 7.55. The van der Waals surface area contributed by atoms with Crippen LogP contribution in [0, 0.1) is 0 Å². The zero-order valence-electron chi connectivity index (χ0n) is 15.2. The van der Waals surface area contributed by atoms with Gasteiger partial charge in [0.15, 0.2) is 5.82 Å². The van der Waals surface area contributed by atoms with Gasteiger partial charge in [-0.1, -0.05) is 43.0 Å². The van der Waals surface area contributed by atoms with E-state index in [-0.39, 0.29) is 5.54 Å². The van der Waals surface area contributed by atoms with Crippen LogP contribution in [0.5, 0.6) is 11.5 Å². The molecule has 0 atom stereocenters. The number of rotatable bonds is 3. The van der Waals surface area contributed by atoms with E-state index in [0.717, 1.165) is 48.2 Å². The lowest BCUT2D eigenvalue weighted by molar-refractivity contribution is 0.297. The molecule has 3 aromatic rings. The predicted octanol–water partition coefficient (Wildman–Crippen LogP) is 4.93. The summed E-state index contributed by atoms with van der Waals surface area (Å²) in [5, 5.41) is 18.1. The van der Waals surface area contributed by atoms with E-state index in [1.807, 2.05) is 36.4 Å². The normalized spacial score (nSPS) is 17.2. The van der Waals surface area contributed by atoms with Gasteiger partial charge in [-0.05, 0) is 47.5 Å². The predicted molar refractivity (Wildman–Crippen MR) is 108 cm³/mol. The smallest absolute Gasteiger partial charge is 0.183 e. The molecule has 1 spiro atoms. The molecule has 5 rings (SSSR count). The van der Waals surface area contributed by atoms with Crippen LogP contribution in [0.3, 0.4) is 0 Å². The van der Waals surface area contributed by atoms with Crippen molar-refractivity contribution in [1.82, 2.24) is 20.6 Å². The summed E-state index contributed by atoms with van der Waals surface area (Å²) < 4.78 is 6.43. The number of benzene rings is 2. The van der Waals surface area contributed by atoms with Gasteiger partial charge >= 0.3 is 0 Å². The Morgan fingerprint density at radius 1 is 1.00 bits per heavy atom. The van der Waals surface area contributed by atoms with Crippen molar-refractivity contribution in [2.75, 3.05) is 5.32 Å². The van der Waals surface area contributed by atoms with Gasteiger partial charge in [0.1, 0.15) is 11.5 Å². The molecule has 142 valence electrons. The molecule has 2 heterocycles. The number of para-hydroxylation sites is 1. The summed E-state index contributed by atoms with van der Waals surface area (Å²) in [6.07, 6.45) is 7.27. The third kappa shape index (κ3) is 2.82. The quantitative estimate of drug-likeness (QED) is 0.657. The first kappa shape index (κ1) is 17.2. The van der Waals surface area contributed by atoms with E-state index in [9.17, 15) is 0 Å². The molecule has 1 aromatic heterocycles. The lowest BCUT2D eigenvalue weighted by Gasteiger charge is -2.39. The second-order valence-electron chi connectivity index (χ2n) is 7.14. The van der Waals surface area contributed by atoms with Crippen LogP contribution < -0.4 is 10.1 Å². The SMILES string of the molecule is Clc1ccc(Oc2ccccc2-c2nnn[nH]2)c2c1NC=NC21CCCCC1. The molecular weight excluding hydrogens is 376 g/mol. The Balaban J connectivity index is 1.62. The number of anilines is 1. The number of aromatic amines is 1. The number of fused-ring (bicyclic) bond motifs is 2. The third-order valence-electron chi connectivity index (χ3n) is 5.49. The number of hydrogen-bond donors (Lipinski definition) is 2. The van der Waals surface area contributed by atoms with Crippen LogP contribution in [-0.4, -0.2) is 27.0 Å². The Morgan fingerprint density at radius 3 is 2.68 bits per heavy atom. The molecule has 2 aromatic carbocycles. The highest BCUT2D eigenvalue weighted by atomic mass is 35.5.